The Hall–Kier alpha value is -4.47. The van der Waals surface area contributed by atoms with Gasteiger partial charge in [-0.2, -0.15) is 0 Å². The number of halogens is 1. The Balaban J connectivity index is 1.70. The number of benzene rings is 3. The zero-order chi connectivity index (χ0) is 28.2. The van der Waals surface area contributed by atoms with Gasteiger partial charge in [-0.1, -0.05) is 77.5 Å². The minimum atomic E-state index is -1.07. The SMILES string of the molecule is CCOC(=O)C1=C(c2ccccc2)N=c2s/c(=C/c3ccc(OCC(=O)O)cc3)c(=O)n2C1c1ccc(Cl)cc1. The van der Waals surface area contributed by atoms with Crippen LogP contribution in [0.15, 0.2) is 94.2 Å². The van der Waals surface area contributed by atoms with Gasteiger partial charge in [0.05, 0.1) is 28.5 Å². The summed E-state index contributed by atoms with van der Waals surface area (Å²) in [7, 11) is 0. The van der Waals surface area contributed by atoms with Crippen LogP contribution in [0.4, 0.5) is 0 Å². The molecule has 0 radical (unpaired) electrons. The zero-order valence-electron chi connectivity index (χ0n) is 21.2. The largest absolute Gasteiger partial charge is 0.482 e. The van der Waals surface area contributed by atoms with Gasteiger partial charge in [-0.25, -0.2) is 14.6 Å². The third kappa shape index (κ3) is 5.61. The van der Waals surface area contributed by atoms with Crippen molar-refractivity contribution in [3.8, 4) is 5.75 Å². The van der Waals surface area contributed by atoms with Crippen molar-refractivity contribution < 1.29 is 24.2 Å². The van der Waals surface area contributed by atoms with Crippen LogP contribution in [-0.2, 0) is 14.3 Å². The molecule has 0 spiro atoms. The minimum absolute atomic E-state index is 0.161. The van der Waals surface area contributed by atoms with Crippen LogP contribution >= 0.6 is 22.9 Å². The lowest BCUT2D eigenvalue weighted by atomic mass is 9.93. The van der Waals surface area contributed by atoms with Crippen molar-refractivity contribution in [2.45, 2.75) is 13.0 Å². The summed E-state index contributed by atoms with van der Waals surface area (Å²) in [6, 6.07) is 22.2. The second-order valence-corrected chi connectivity index (χ2v) is 10.2. The number of carbonyl (C=O) groups is 2. The second kappa shape index (κ2) is 11.7. The van der Waals surface area contributed by atoms with Crippen LogP contribution in [0.2, 0.25) is 5.02 Å². The average molecular weight is 575 g/mol. The maximum atomic E-state index is 13.9. The molecule has 5 rings (SSSR count). The van der Waals surface area contributed by atoms with Crippen LogP contribution in [0.5, 0.6) is 5.75 Å². The lowest BCUT2D eigenvalue weighted by molar-refractivity contribution is -0.140. The number of carboxylic acids is 1. The first kappa shape index (κ1) is 27.1. The first-order valence-corrected chi connectivity index (χ1v) is 13.5. The molecule has 0 bridgehead atoms. The van der Waals surface area contributed by atoms with Crippen molar-refractivity contribution in [2.75, 3.05) is 13.2 Å². The lowest BCUT2D eigenvalue weighted by Crippen LogP contribution is -2.40. The first-order valence-electron chi connectivity index (χ1n) is 12.3. The van der Waals surface area contributed by atoms with Gasteiger partial charge in [0.25, 0.3) is 5.56 Å². The molecule has 1 aliphatic rings. The Bertz CT molecular complexity index is 1780. The molecule has 0 amide bonds. The fraction of sp³-hybridized carbons (Fsp3) is 0.133. The van der Waals surface area contributed by atoms with Gasteiger partial charge >= 0.3 is 11.9 Å². The van der Waals surface area contributed by atoms with E-state index in [1.54, 1.807) is 61.5 Å². The van der Waals surface area contributed by atoms with Crippen molar-refractivity contribution in [2.24, 2.45) is 4.99 Å². The molecule has 1 unspecified atom stereocenters. The molecular formula is C30H23ClN2O6S. The van der Waals surface area contributed by atoms with Gasteiger partial charge in [0, 0.05) is 10.6 Å². The summed E-state index contributed by atoms with van der Waals surface area (Å²) < 4.78 is 12.6. The van der Waals surface area contributed by atoms with Crippen molar-refractivity contribution in [3.05, 3.63) is 126 Å². The average Bonchev–Trinajstić information content (AvgIpc) is 3.27. The van der Waals surface area contributed by atoms with Gasteiger partial charge in [-0.05, 0) is 48.4 Å². The number of rotatable bonds is 8. The Morgan fingerprint density at radius 2 is 1.75 bits per heavy atom. The maximum Gasteiger partial charge on any atom is 0.341 e. The number of carbonyl (C=O) groups excluding carboxylic acids is 1. The summed E-state index contributed by atoms with van der Waals surface area (Å²) in [6.45, 7) is 1.44. The molecule has 0 aliphatic carbocycles. The van der Waals surface area contributed by atoms with Crippen LogP contribution in [-0.4, -0.2) is 34.8 Å². The van der Waals surface area contributed by atoms with Gasteiger partial charge in [-0.3, -0.25) is 9.36 Å². The van der Waals surface area contributed by atoms with E-state index >= 15 is 0 Å². The van der Waals surface area contributed by atoms with Gasteiger partial charge in [-0.15, -0.1) is 0 Å². The van der Waals surface area contributed by atoms with E-state index in [9.17, 15) is 14.4 Å². The number of nitrogens with zero attached hydrogens (tertiary/aromatic N) is 2. The van der Waals surface area contributed by atoms with E-state index in [0.29, 0.717) is 36.9 Å². The predicted octanol–water partition coefficient (Wildman–Crippen LogP) is 4.05. The molecule has 0 fully saturated rings. The fourth-order valence-electron chi connectivity index (χ4n) is 4.36. The zero-order valence-corrected chi connectivity index (χ0v) is 22.8. The van der Waals surface area contributed by atoms with E-state index in [0.717, 1.165) is 5.56 Å². The van der Waals surface area contributed by atoms with Gasteiger partial charge in [0.2, 0.25) is 0 Å². The summed E-state index contributed by atoms with van der Waals surface area (Å²) in [5, 5.41) is 9.34. The fourth-order valence-corrected chi connectivity index (χ4v) is 5.48. The highest BCUT2D eigenvalue weighted by Gasteiger charge is 2.35. The summed E-state index contributed by atoms with van der Waals surface area (Å²) >= 11 is 7.37. The molecule has 1 N–H and O–H groups in total. The van der Waals surface area contributed by atoms with Crippen LogP contribution in [0.25, 0.3) is 11.8 Å². The highest BCUT2D eigenvalue weighted by Crippen LogP contribution is 2.35. The minimum Gasteiger partial charge on any atom is -0.482 e. The van der Waals surface area contributed by atoms with E-state index in [1.165, 1.54) is 15.9 Å². The number of thiazole rings is 1. The number of fused-ring (bicyclic) bond motifs is 1. The molecule has 3 aromatic carbocycles. The molecule has 8 nitrogen and oxygen atoms in total. The van der Waals surface area contributed by atoms with Crippen molar-refractivity contribution in [3.63, 3.8) is 0 Å². The molecule has 1 aliphatic heterocycles. The molecule has 1 atom stereocenters. The first-order chi connectivity index (χ1) is 19.4. The number of hydrogen-bond acceptors (Lipinski definition) is 7. The summed E-state index contributed by atoms with van der Waals surface area (Å²) in [4.78, 5) is 43.3. The third-order valence-electron chi connectivity index (χ3n) is 6.10. The number of carboxylic acid groups (broad SMARTS) is 1. The molecular weight excluding hydrogens is 552 g/mol. The number of aromatic nitrogens is 1. The number of hydrogen-bond donors (Lipinski definition) is 1. The predicted molar refractivity (Wildman–Crippen MR) is 152 cm³/mol. The Kier molecular flexibility index (Phi) is 7.95. The van der Waals surface area contributed by atoms with E-state index in [1.807, 2.05) is 30.3 Å². The number of aliphatic carboxylic acids is 1. The van der Waals surface area contributed by atoms with Gasteiger partial charge in [0.1, 0.15) is 5.75 Å². The lowest BCUT2D eigenvalue weighted by Gasteiger charge is -2.25. The van der Waals surface area contributed by atoms with Crippen molar-refractivity contribution in [1.82, 2.24) is 4.57 Å². The summed E-state index contributed by atoms with van der Waals surface area (Å²) in [6.07, 6.45) is 1.72. The topological polar surface area (TPSA) is 107 Å². The molecule has 4 aromatic rings. The van der Waals surface area contributed by atoms with E-state index in [4.69, 9.17) is 31.2 Å². The number of ether oxygens (including phenoxy) is 2. The molecule has 0 saturated heterocycles. The maximum absolute atomic E-state index is 13.9. The normalized spacial score (nSPS) is 14.8. The highest BCUT2D eigenvalue weighted by atomic mass is 35.5. The smallest absolute Gasteiger partial charge is 0.341 e. The highest BCUT2D eigenvalue weighted by molar-refractivity contribution is 7.07. The van der Waals surface area contributed by atoms with Gasteiger partial charge < -0.3 is 14.6 Å². The Morgan fingerprint density at radius 3 is 2.40 bits per heavy atom. The quantitative estimate of drug-likeness (QED) is 0.318. The standard InChI is InChI=1S/C30H23ClN2O6S/c1-2-38-29(37)25-26(19-6-4-3-5-7-19)32-30-33(27(25)20-10-12-21(31)13-11-20)28(36)23(40-30)16-18-8-14-22(15-9-18)39-17-24(34)35/h3-16,27H,2,17H2,1H3,(H,34,35)/b23-16+. The van der Waals surface area contributed by atoms with E-state index < -0.39 is 24.6 Å². The van der Waals surface area contributed by atoms with Gasteiger partial charge in [0.15, 0.2) is 11.4 Å². The second-order valence-electron chi connectivity index (χ2n) is 8.73. The number of esters is 1. The third-order valence-corrected chi connectivity index (χ3v) is 7.33. The Labute approximate surface area is 237 Å². The van der Waals surface area contributed by atoms with Crippen LogP contribution in [0, 0.1) is 0 Å². The molecule has 202 valence electrons. The molecule has 40 heavy (non-hydrogen) atoms. The molecule has 10 heteroatoms. The summed E-state index contributed by atoms with van der Waals surface area (Å²) in [5.74, 6) is -1.23. The summed E-state index contributed by atoms with van der Waals surface area (Å²) in [5.41, 5.74) is 2.50. The van der Waals surface area contributed by atoms with E-state index in [2.05, 4.69) is 0 Å². The van der Waals surface area contributed by atoms with Crippen LogP contribution < -0.4 is 19.6 Å². The van der Waals surface area contributed by atoms with Crippen LogP contribution in [0.3, 0.4) is 0 Å². The molecule has 0 saturated carbocycles. The monoisotopic (exact) mass is 574 g/mol. The molecule has 1 aromatic heterocycles. The van der Waals surface area contributed by atoms with E-state index in [-0.39, 0.29) is 17.7 Å². The van der Waals surface area contributed by atoms with Crippen LogP contribution in [0.1, 0.15) is 29.7 Å². The van der Waals surface area contributed by atoms with Crippen molar-refractivity contribution >= 4 is 46.6 Å². The molecule has 2 heterocycles. The Morgan fingerprint density at radius 1 is 1.05 bits per heavy atom. The van der Waals surface area contributed by atoms with Crippen molar-refractivity contribution in [1.29, 1.82) is 0 Å².